The van der Waals surface area contributed by atoms with Gasteiger partial charge in [0.2, 0.25) is 5.91 Å². The second kappa shape index (κ2) is 8.06. The Labute approximate surface area is 148 Å². The van der Waals surface area contributed by atoms with E-state index in [0.29, 0.717) is 12.3 Å². The van der Waals surface area contributed by atoms with E-state index in [-0.39, 0.29) is 24.4 Å². The minimum atomic E-state index is -0.666. The van der Waals surface area contributed by atoms with Gasteiger partial charge in [0.05, 0.1) is 18.7 Å². The first-order chi connectivity index (χ1) is 11.7. The first-order valence-electron chi connectivity index (χ1n) is 8.71. The van der Waals surface area contributed by atoms with Crippen LogP contribution in [0.15, 0.2) is 24.3 Å². The molecule has 6 heteroatoms. The molecule has 1 aromatic rings. The van der Waals surface area contributed by atoms with Crippen molar-refractivity contribution in [2.75, 3.05) is 13.2 Å². The van der Waals surface area contributed by atoms with E-state index in [4.69, 9.17) is 5.41 Å². The summed E-state index contributed by atoms with van der Waals surface area (Å²) in [6, 6.07) is 5.36. The highest BCUT2D eigenvalue weighted by atomic mass is 19.1. The first kappa shape index (κ1) is 19.5. The van der Waals surface area contributed by atoms with Gasteiger partial charge >= 0.3 is 0 Å². The molecule has 1 saturated heterocycles. The highest BCUT2D eigenvalue weighted by Gasteiger charge is 2.34. The quantitative estimate of drug-likeness (QED) is 0.690. The fourth-order valence-electron chi connectivity index (χ4n) is 3.14. The zero-order valence-corrected chi connectivity index (χ0v) is 15.2. The molecule has 0 bridgehead atoms. The van der Waals surface area contributed by atoms with Crippen LogP contribution in [0.4, 0.5) is 4.39 Å². The van der Waals surface area contributed by atoms with E-state index < -0.39 is 11.5 Å². The lowest BCUT2D eigenvalue weighted by Crippen LogP contribution is -2.52. The number of nitrogens with zero attached hydrogens (tertiary/aromatic N) is 1. The van der Waals surface area contributed by atoms with Gasteiger partial charge in [-0.05, 0) is 37.1 Å². The van der Waals surface area contributed by atoms with E-state index in [2.05, 4.69) is 10.2 Å². The number of hydrogen-bond acceptors (Lipinski definition) is 4. The van der Waals surface area contributed by atoms with Crippen LogP contribution in [-0.4, -0.2) is 46.9 Å². The van der Waals surface area contributed by atoms with Crippen molar-refractivity contribution in [1.82, 2.24) is 10.2 Å². The molecule has 3 N–H and O–H groups in total. The summed E-state index contributed by atoms with van der Waals surface area (Å²) < 4.78 is 13.0. The zero-order valence-electron chi connectivity index (χ0n) is 15.2. The third kappa shape index (κ3) is 5.09. The summed E-state index contributed by atoms with van der Waals surface area (Å²) in [6.07, 6.45) is 1.66. The Balaban J connectivity index is 2.01. The lowest BCUT2D eigenvalue weighted by atomic mass is 9.85. The van der Waals surface area contributed by atoms with E-state index in [1.807, 2.05) is 20.8 Å². The summed E-state index contributed by atoms with van der Waals surface area (Å²) in [6.45, 7) is 6.77. The maximum absolute atomic E-state index is 13.0. The summed E-state index contributed by atoms with van der Waals surface area (Å²) in [5, 5.41) is 20.6. The number of nitrogens with one attached hydrogen (secondary N) is 2. The van der Waals surface area contributed by atoms with Crippen LogP contribution in [0.2, 0.25) is 0 Å². The molecule has 1 aromatic carbocycles. The van der Waals surface area contributed by atoms with Crippen LogP contribution in [-0.2, 0) is 11.3 Å². The molecule has 2 atom stereocenters. The molecule has 0 aromatic heterocycles. The van der Waals surface area contributed by atoms with Crippen molar-refractivity contribution >= 4 is 11.6 Å². The lowest BCUT2D eigenvalue weighted by Gasteiger charge is -2.30. The number of aliphatic hydroxyl groups excluding tert-OH is 1. The smallest absolute Gasteiger partial charge is 0.237 e. The van der Waals surface area contributed by atoms with Gasteiger partial charge in [-0.1, -0.05) is 32.9 Å². The van der Waals surface area contributed by atoms with Gasteiger partial charge in [0, 0.05) is 17.7 Å². The van der Waals surface area contributed by atoms with Crippen molar-refractivity contribution in [2.24, 2.45) is 5.41 Å². The Morgan fingerprint density at radius 1 is 1.40 bits per heavy atom. The Morgan fingerprint density at radius 3 is 2.60 bits per heavy atom. The molecule has 0 radical (unpaired) electrons. The average Bonchev–Trinajstić information content (AvgIpc) is 3.01. The Morgan fingerprint density at radius 2 is 2.04 bits per heavy atom. The fraction of sp³-hybridized carbons (Fsp3) is 0.579. The Bertz CT molecular complexity index is 610. The number of halogens is 1. The second-order valence-corrected chi connectivity index (χ2v) is 7.66. The summed E-state index contributed by atoms with van der Waals surface area (Å²) in [5.74, 6) is -0.432. The van der Waals surface area contributed by atoms with Crippen LogP contribution in [0.1, 0.15) is 39.2 Å². The van der Waals surface area contributed by atoms with Crippen molar-refractivity contribution in [3.8, 4) is 0 Å². The van der Waals surface area contributed by atoms with E-state index in [0.717, 1.165) is 24.9 Å². The molecule has 1 aliphatic rings. The molecule has 1 fully saturated rings. The third-order valence-electron chi connectivity index (χ3n) is 4.62. The summed E-state index contributed by atoms with van der Waals surface area (Å²) in [7, 11) is 0. The van der Waals surface area contributed by atoms with Crippen molar-refractivity contribution in [1.29, 1.82) is 5.41 Å². The molecule has 1 heterocycles. The maximum Gasteiger partial charge on any atom is 0.237 e. The van der Waals surface area contributed by atoms with Crippen molar-refractivity contribution < 1.29 is 14.3 Å². The van der Waals surface area contributed by atoms with E-state index in [9.17, 15) is 14.3 Å². The fourth-order valence-corrected chi connectivity index (χ4v) is 3.14. The monoisotopic (exact) mass is 349 g/mol. The van der Waals surface area contributed by atoms with Gasteiger partial charge in [-0.2, -0.15) is 0 Å². The molecular weight excluding hydrogens is 321 g/mol. The number of hydrogen-bond donors (Lipinski definition) is 3. The lowest BCUT2D eigenvalue weighted by molar-refractivity contribution is -0.126. The topological polar surface area (TPSA) is 76.4 Å². The van der Waals surface area contributed by atoms with Crippen molar-refractivity contribution in [3.63, 3.8) is 0 Å². The van der Waals surface area contributed by atoms with Gasteiger partial charge in [-0.3, -0.25) is 9.69 Å². The molecule has 1 amide bonds. The van der Waals surface area contributed by atoms with Crippen LogP contribution in [0.5, 0.6) is 0 Å². The summed E-state index contributed by atoms with van der Waals surface area (Å²) in [5.41, 5.74) is 0.859. The van der Waals surface area contributed by atoms with Gasteiger partial charge < -0.3 is 15.8 Å². The predicted octanol–water partition coefficient (Wildman–Crippen LogP) is 2.33. The molecule has 1 aliphatic heterocycles. The van der Waals surface area contributed by atoms with Crippen LogP contribution in [0, 0.1) is 16.6 Å². The van der Waals surface area contributed by atoms with Gasteiger partial charge in [0.1, 0.15) is 5.82 Å². The first-order valence-corrected chi connectivity index (χ1v) is 8.71. The molecule has 138 valence electrons. The van der Waals surface area contributed by atoms with Gasteiger partial charge in [-0.25, -0.2) is 4.39 Å². The Hall–Kier alpha value is -1.79. The molecule has 0 saturated carbocycles. The Kier molecular flexibility index (Phi) is 6.30. The second-order valence-electron chi connectivity index (χ2n) is 7.66. The average molecular weight is 349 g/mol. The molecule has 25 heavy (non-hydrogen) atoms. The SMILES string of the molecule is CC(C)(C)C(=N)C(CO)NC(=O)[C@@H]1CCCN1Cc1ccc(F)cc1. The largest absolute Gasteiger partial charge is 0.394 e. The van der Waals surface area contributed by atoms with Crippen LogP contribution >= 0.6 is 0 Å². The number of aliphatic hydroxyl groups is 1. The molecule has 0 spiro atoms. The number of likely N-dealkylation sites (tertiary alicyclic amines) is 1. The van der Waals surface area contributed by atoms with Crippen LogP contribution in [0.25, 0.3) is 0 Å². The number of amides is 1. The standard InChI is InChI=1S/C19H28FN3O2/c1-19(2,3)17(21)15(12-24)22-18(25)16-5-4-10-23(16)11-13-6-8-14(20)9-7-13/h6-9,15-16,21,24H,4-5,10-12H2,1-3H3,(H,22,25)/t15?,16-/m0/s1. The highest BCUT2D eigenvalue weighted by molar-refractivity contribution is 5.95. The van der Waals surface area contributed by atoms with Crippen LogP contribution < -0.4 is 5.32 Å². The molecule has 1 unspecified atom stereocenters. The summed E-state index contributed by atoms with van der Waals surface area (Å²) in [4.78, 5) is 14.7. The highest BCUT2D eigenvalue weighted by Crippen LogP contribution is 2.22. The molecule has 0 aliphatic carbocycles. The molecule has 5 nitrogen and oxygen atoms in total. The molecule has 2 rings (SSSR count). The zero-order chi connectivity index (χ0) is 18.6. The van der Waals surface area contributed by atoms with E-state index >= 15 is 0 Å². The summed E-state index contributed by atoms with van der Waals surface area (Å²) >= 11 is 0. The van der Waals surface area contributed by atoms with Crippen molar-refractivity contribution in [2.45, 2.75) is 52.2 Å². The minimum absolute atomic E-state index is 0.160. The van der Waals surface area contributed by atoms with Crippen molar-refractivity contribution in [3.05, 3.63) is 35.6 Å². The third-order valence-corrected chi connectivity index (χ3v) is 4.62. The predicted molar refractivity (Wildman–Crippen MR) is 96.0 cm³/mol. The van der Waals surface area contributed by atoms with E-state index in [1.165, 1.54) is 12.1 Å². The number of rotatable bonds is 6. The minimum Gasteiger partial charge on any atom is -0.394 e. The normalized spacial score (nSPS) is 19.6. The van der Waals surface area contributed by atoms with Gasteiger partial charge in [0.15, 0.2) is 0 Å². The number of carbonyl (C=O) groups is 1. The maximum atomic E-state index is 13.0. The van der Waals surface area contributed by atoms with Gasteiger partial charge in [-0.15, -0.1) is 0 Å². The van der Waals surface area contributed by atoms with Crippen LogP contribution in [0.3, 0.4) is 0 Å². The van der Waals surface area contributed by atoms with Gasteiger partial charge in [0.25, 0.3) is 0 Å². The number of benzene rings is 1. The number of carbonyl (C=O) groups excluding carboxylic acids is 1. The van der Waals surface area contributed by atoms with E-state index in [1.54, 1.807) is 12.1 Å². The molecular formula is C19H28FN3O2.